The zero-order chi connectivity index (χ0) is 12.6. The van der Waals surface area contributed by atoms with Crippen molar-refractivity contribution >= 4 is 11.6 Å². The lowest BCUT2D eigenvalue weighted by atomic mass is 9.95. The molecule has 1 aromatic carbocycles. The summed E-state index contributed by atoms with van der Waals surface area (Å²) in [4.78, 5) is 0. The van der Waals surface area contributed by atoms with Crippen LogP contribution in [0.15, 0.2) is 12.1 Å². The smallest absolute Gasteiger partial charge is 0.133 e. The second-order valence-corrected chi connectivity index (χ2v) is 4.79. The van der Waals surface area contributed by atoms with Gasteiger partial charge >= 0.3 is 0 Å². The molecule has 1 aromatic rings. The van der Waals surface area contributed by atoms with E-state index in [2.05, 4.69) is 0 Å². The highest BCUT2D eigenvalue weighted by atomic mass is 35.5. The predicted octanol–water partition coefficient (Wildman–Crippen LogP) is 3.81. The van der Waals surface area contributed by atoms with Crippen LogP contribution in [0.5, 0.6) is 0 Å². The molecule has 0 aliphatic carbocycles. The SMILES string of the molecule is CC1CC(C(Cl)c2c(F)cc(F)cc2F)CO1. The number of alkyl halides is 1. The molecule has 1 aliphatic rings. The van der Waals surface area contributed by atoms with E-state index < -0.39 is 22.8 Å². The van der Waals surface area contributed by atoms with Crippen molar-refractivity contribution in [2.75, 3.05) is 6.61 Å². The van der Waals surface area contributed by atoms with Gasteiger partial charge in [-0.15, -0.1) is 11.6 Å². The number of hydrogen-bond donors (Lipinski definition) is 0. The van der Waals surface area contributed by atoms with Gasteiger partial charge in [-0.1, -0.05) is 0 Å². The van der Waals surface area contributed by atoms with Crippen molar-refractivity contribution in [2.24, 2.45) is 5.92 Å². The maximum absolute atomic E-state index is 13.5. The molecule has 1 fully saturated rings. The maximum Gasteiger partial charge on any atom is 0.133 e. The average Bonchev–Trinajstić information content (AvgIpc) is 2.63. The van der Waals surface area contributed by atoms with Crippen molar-refractivity contribution in [1.29, 1.82) is 0 Å². The summed E-state index contributed by atoms with van der Waals surface area (Å²) in [6.45, 7) is 2.24. The Kier molecular flexibility index (Phi) is 3.64. The third-order valence-electron chi connectivity index (χ3n) is 2.96. The van der Waals surface area contributed by atoms with E-state index in [9.17, 15) is 13.2 Å². The zero-order valence-electron chi connectivity index (χ0n) is 9.22. The topological polar surface area (TPSA) is 9.23 Å². The van der Waals surface area contributed by atoms with Gasteiger partial charge in [0, 0.05) is 23.6 Å². The summed E-state index contributed by atoms with van der Waals surface area (Å²) in [7, 11) is 0. The molecule has 0 amide bonds. The number of benzene rings is 1. The van der Waals surface area contributed by atoms with Gasteiger partial charge in [0.15, 0.2) is 0 Å². The maximum atomic E-state index is 13.5. The van der Waals surface area contributed by atoms with Crippen molar-refractivity contribution in [3.63, 3.8) is 0 Å². The molecular formula is C12H12ClF3O. The molecule has 0 saturated carbocycles. The van der Waals surface area contributed by atoms with Gasteiger partial charge in [0.25, 0.3) is 0 Å². The highest BCUT2D eigenvalue weighted by molar-refractivity contribution is 6.21. The Morgan fingerprint density at radius 1 is 1.29 bits per heavy atom. The summed E-state index contributed by atoms with van der Waals surface area (Å²) in [6.07, 6.45) is 0.678. The summed E-state index contributed by atoms with van der Waals surface area (Å²) in [6, 6.07) is 1.29. The molecule has 94 valence electrons. The molecule has 0 radical (unpaired) electrons. The van der Waals surface area contributed by atoms with E-state index in [-0.39, 0.29) is 17.6 Å². The van der Waals surface area contributed by atoms with Gasteiger partial charge in [0.2, 0.25) is 0 Å². The Balaban J connectivity index is 2.27. The quantitative estimate of drug-likeness (QED) is 0.738. The molecule has 3 atom stereocenters. The van der Waals surface area contributed by atoms with E-state index >= 15 is 0 Å². The molecule has 0 spiro atoms. The molecule has 2 rings (SSSR count). The van der Waals surface area contributed by atoms with Crippen LogP contribution in [0.4, 0.5) is 13.2 Å². The number of ether oxygens (including phenoxy) is 1. The highest BCUT2D eigenvalue weighted by Gasteiger charge is 2.32. The van der Waals surface area contributed by atoms with Crippen LogP contribution < -0.4 is 0 Å². The fourth-order valence-electron chi connectivity index (χ4n) is 2.11. The summed E-state index contributed by atoms with van der Waals surface area (Å²) in [5.74, 6) is -2.98. The van der Waals surface area contributed by atoms with Crippen LogP contribution in [-0.4, -0.2) is 12.7 Å². The van der Waals surface area contributed by atoms with Gasteiger partial charge in [-0.2, -0.15) is 0 Å². The van der Waals surface area contributed by atoms with Crippen molar-refractivity contribution in [2.45, 2.75) is 24.8 Å². The summed E-state index contributed by atoms with van der Waals surface area (Å²) in [5.41, 5.74) is -0.268. The van der Waals surface area contributed by atoms with Gasteiger partial charge in [0.05, 0.1) is 18.1 Å². The Labute approximate surface area is 103 Å². The van der Waals surface area contributed by atoms with E-state index in [1.54, 1.807) is 0 Å². The minimum atomic E-state index is -0.943. The Morgan fingerprint density at radius 2 is 1.88 bits per heavy atom. The van der Waals surface area contributed by atoms with Gasteiger partial charge in [0.1, 0.15) is 17.5 Å². The highest BCUT2D eigenvalue weighted by Crippen LogP contribution is 2.38. The fourth-order valence-corrected chi connectivity index (χ4v) is 2.49. The third-order valence-corrected chi connectivity index (χ3v) is 3.54. The monoisotopic (exact) mass is 264 g/mol. The summed E-state index contributed by atoms with van der Waals surface area (Å²) in [5, 5.41) is -0.833. The van der Waals surface area contributed by atoms with E-state index in [1.165, 1.54) is 0 Å². The van der Waals surface area contributed by atoms with Crippen molar-refractivity contribution in [1.82, 2.24) is 0 Å². The Morgan fingerprint density at radius 3 is 2.35 bits per heavy atom. The van der Waals surface area contributed by atoms with Crippen LogP contribution in [0.3, 0.4) is 0 Å². The average molecular weight is 265 g/mol. The normalized spacial score (nSPS) is 26.2. The van der Waals surface area contributed by atoms with Crippen LogP contribution in [-0.2, 0) is 4.74 Å². The minimum absolute atomic E-state index is 0.0350. The standard InChI is InChI=1S/C12H12ClF3O/c1-6-2-7(5-17-6)12(13)11-9(15)3-8(14)4-10(11)16/h3-4,6-7,12H,2,5H2,1H3. The lowest BCUT2D eigenvalue weighted by Gasteiger charge is -2.17. The van der Waals surface area contributed by atoms with Crippen molar-refractivity contribution in [3.8, 4) is 0 Å². The van der Waals surface area contributed by atoms with E-state index in [0.717, 1.165) is 0 Å². The van der Waals surface area contributed by atoms with Crippen LogP contribution in [0.25, 0.3) is 0 Å². The van der Waals surface area contributed by atoms with Crippen molar-refractivity contribution in [3.05, 3.63) is 35.1 Å². The lowest BCUT2D eigenvalue weighted by Crippen LogP contribution is -2.12. The first-order valence-corrected chi connectivity index (χ1v) is 5.82. The molecule has 0 N–H and O–H groups in total. The molecule has 1 heterocycles. The molecule has 3 unspecified atom stereocenters. The zero-order valence-corrected chi connectivity index (χ0v) is 9.98. The van der Waals surface area contributed by atoms with E-state index in [0.29, 0.717) is 25.2 Å². The third kappa shape index (κ3) is 2.58. The molecule has 1 nitrogen and oxygen atoms in total. The van der Waals surface area contributed by atoms with Gasteiger partial charge in [-0.05, 0) is 13.3 Å². The molecule has 17 heavy (non-hydrogen) atoms. The second kappa shape index (κ2) is 4.86. The number of rotatable bonds is 2. The minimum Gasteiger partial charge on any atom is -0.378 e. The predicted molar refractivity (Wildman–Crippen MR) is 58.4 cm³/mol. The van der Waals surface area contributed by atoms with E-state index in [4.69, 9.17) is 16.3 Å². The Bertz CT molecular complexity index is 401. The lowest BCUT2D eigenvalue weighted by molar-refractivity contribution is 0.119. The second-order valence-electron chi connectivity index (χ2n) is 4.32. The molecule has 0 bridgehead atoms. The van der Waals surface area contributed by atoms with E-state index in [1.807, 2.05) is 6.92 Å². The number of halogens is 4. The fraction of sp³-hybridized carbons (Fsp3) is 0.500. The summed E-state index contributed by atoms with van der Waals surface area (Å²) < 4.78 is 45.1. The van der Waals surface area contributed by atoms with Crippen LogP contribution >= 0.6 is 11.6 Å². The summed E-state index contributed by atoms with van der Waals surface area (Å²) >= 11 is 6.06. The van der Waals surface area contributed by atoms with Crippen molar-refractivity contribution < 1.29 is 17.9 Å². The Hall–Kier alpha value is -0.740. The van der Waals surface area contributed by atoms with Crippen LogP contribution in [0.2, 0.25) is 0 Å². The van der Waals surface area contributed by atoms with Crippen LogP contribution in [0, 0.1) is 23.4 Å². The first-order chi connectivity index (χ1) is 7.99. The van der Waals surface area contributed by atoms with Crippen LogP contribution in [0.1, 0.15) is 24.3 Å². The van der Waals surface area contributed by atoms with Gasteiger partial charge in [-0.3, -0.25) is 0 Å². The molecular weight excluding hydrogens is 253 g/mol. The number of hydrogen-bond acceptors (Lipinski definition) is 1. The molecule has 1 aliphatic heterocycles. The largest absolute Gasteiger partial charge is 0.378 e. The van der Waals surface area contributed by atoms with Gasteiger partial charge < -0.3 is 4.74 Å². The van der Waals surface area contributed by atoms with Gasteiger partial charge in [-0.25, -0.2) is 13.2 Å². The molecule has 1 saturated heterocycles. The first-order valence-electron chi connectivity index (χ1n) is 5.39. The molecule has 5 heteroatoms. The molecule has 0 aromatic heterocycles. The first kappa shape index (κ1) is 12.7.